The molecule has 7 nitrogen and oxygen atoms in total. The fourth-order valence-corrected chi connectivity index (χ4v) is 4.01. The number of nitrogens with two attached hydrogens (primary N) is 1. The quantitative estimate of drug-likeness (QED) is 0.743. The third kappa shape index (κ3) is 4.62. The lowest BCUT2D eigenvalue weighted by molar-refractivity contribution is -0.136. The van der Waals surface area contributed by atoms with Crippen LogP contribution < -0.4 is 11.1 Å². The van der Waals surface area contributed by atoms with E-state index in [1.165, 1.54) is 0 Å². The van der Waals surface area contributed by atoms with Crippen LogP contribution in [-0.2, 0) is 21.9 Å². The summed E-state index contributed by atoms with van der Waals surface area (Å²) in [6.45, 7) is 2.33. The first kappa shape index (κ1) is 19.7. The molecule has 1 saturated heterocycles. The molecule has 1 aromatic carbocycles. The van der Waals surface area contributed by atoms with E-state index in [4.69, 9.17) is 5.73 Å². The predicted molar refractivity (Wildman–Crippen MR) is 108 cm³/mol. The molecule has 3 rings (SSSR count). The largest absolute Gasteiger partial charge is 0.355 e. The van der Waals surface area contributed by atoms with Gasteiger partial charge < -0.3 is 20.5 Å². The number of nitrogens with one attached hydrogen (secondary N) is 1. The van der Waals surface area contributed by atoms with Gasteiger partial charge in [-0.05, 0) is 31.2 Å². The van der Waals surface area contributed by atoms with Crippen LogP contribution in [0.25, 0.3) is 11.0 Å². The van der Waals surface area contributed by atoms with Crippen molar-refractivity contribution in [3.8, 4) is 0 Å². The summed E-state index contributed by atoms with van der Waals surface area (Å²) >= 11 is 1.69. The number of benzene rings is 1. The van der Waals surface area contributed by atoms with Crippen molar-refractivity contribution in [1.82, 2.24) is 19.8 Å². The van der Waals surface area contributed by atoms with Crippen LogP contribution in [-0.4, -0.2) is 58.7 Å². The van der Waals surface area contributed by atoms with E-state index < -0.39 is 0 Å². The monoisotopic (exact) mass is 389 g/mol. The van der Waals surface area contributed by atoms with E-state index in [-0.39, 0.29) is 24.3 Å². The molecule has 8 heteroatoms. The minimum absolute atomic E-state index is 0.00546. The first-order chi connectivity index (χ1) is 13.1. The molecule has 0 spiro atoms. The van der Waals surface area contributed by atoms with Gasteiger partial charge in [0, 0.05) is 26.2 Å². The van der Waals surface area contributed by atoms with Crippen molar-refractivity contribution in [2.24, 2.45) is 11.7 Å². The van der Waals surface area contributed by atoms with Gasteiger partial charge >= 0.3 is 0 Å². The van der Waals surface area contributed by atoms with Gasteiger partial charge in [0.1, 0.15) is 12.4 Å². The van der Waals surface area contributed by atoms with E-state index in [1.54, 1.807) is 11.8 Å². The number of thioether (sulfide) groups is 1. The Labute approximate surface area is 163 Å². The molecule has 2 heterocycles. The Morgan fingerprint density at radius 1 is 1.37 bits per heavy atom. The number of imidazole rings is 1. The zero-order chi connectivity index (χ0) is 19.2. The molecule has 1 unspecified atom stereocenters. The van der Waals surface area contributed by atoms with Gasteiger partial charge in [-0.15, -0.1) is 0 Å². The first-order valence-corrected chi connectivity index (χ1v) is 10.7. The van der Waals surface area contributed by atoms with Crippen molar-refractivity contribution in [3.63, 3.8) is 0 Å². The third-order valence-electron chi connectivity index (χ3n) is 4.89. The molecular formula is C19H27N5O2S. The topological polar surface area (TPSA) is 93.2 Å². The second-order valence-corrected chi connectivity index (χ2v) is 7.66. The van der Waals surface area contributed by atoms with E-state index in [9.17, 15) is 9.59 Å². The highest BCUT2D eigenvalue weighted by molar-refractivity contribution is 7.97. The molecule has 0 aliphatic carbocycles. The molecule has 1 aliphatic heterocycles. The summed E-state index contributed by atoms with van der Waals surface area (Å²) in [5, 5.41) is 2.84. The highest BCUT2D eigenvalue weighted by Gasteiger charge is 2.28. The van der Waals surface area contributed by atoms with E-state index in [1.807, 2.05) is 40.0 Å². The normalized spacial score (nSPS) is 17.3. The van der Waals surface area contributed by atoms with Gasteiger partial charge in [-0.2, -0.15) is 11.8 Å². The van der Waals surface area contributed by atoms with Crippen LogP contribution in [0.4, 0.5) is 0 Å². The molecule has 0 radical (unpaired) electrons. The van der Waals surface area contributed by atoms with Crippen LogP contribution in [0.3, 0.4) is 0 Å². The number of hydrogen-bond donors (Lipinski definition) is 2. The molecule has 2 aromatic rings. The maximum Gasteiger partial charge on any atom is 0.242 e. The fraction of sp³-hybridized carbons (Fsp3) is 0.526. The number of hydrogen-bond acceptors (Lipinski definition) is 5. The molecule has 0 saturated carbocycles. The Balaban J connectivity index is 1.72. The van der Waals surface area contributed by atoms with Gasteiger partial charge in [0.25, 0.3) is 0 Å². The molecule has 1 aromatic heterocycles. The van der Waals surface area contributed by atoms with E-state index >= 15 is 0 Å². The predicted octanol–water partition coefficient (Wildman–Crippen LogP) is 1.21. The van der Waals surface area contributed by atoms with Crippen LogP contribution in [0.15, 0.2) is 24.3 Å². The lowest BCUT2D eigenvalue weighted by Gasteiger charge is -2.32. The second kappa shape index (κ2) is 9.23. The smallest absolute Gasteiger partial charge is 0.242 e. The van der Waals surface area contributed by atoms with Crippen LogP contribution >= 0.6 is 11.8 Å². The van der Waals surface area contributed by atoms with Crippen molar-refractivity contribution in [2.45, 2.75) is 25.1 Å². The fourth-order valence-electron chi connectivity index (χ4n) is 3.53. The maximum atomic E-state index is 13.0. The van der Waals surface area contributed by atoms with Gasteiger partial charge in [-0.25, -0.2) is 4.98 Å². The molecule has 27 heavy (non-hydrogen) atoms. The average molecular weight is 390 g/mol. The molecule has 3 N–H and O–H groups in total. The number of carbonyl (C=O) groups is 2. The minimum atomic E-state index is -0.153. The third-order valence-corrected chi connectivity index (χ3v) is 5.44. The van der Waals surface area contributed by atoms with E-state index in [0.29, 0.717) is 26.2 Å². The standard InChI is InChI=1S/C19H27N5O2S/c1-27-13-17-22-15-6-2-3-7-16(15)24(17)12-18(25)23-10-4-5-14(11-23)19(26)21-9-8-20/h2-3,6-7,14H,4-5,8-13,20H2,1H3,(H,21,26). The van der Waals surface area contributed by atoms with Crippen molar-refractivity contribution >= 4 is 34.6 Å². The highest BCUT2D eigenvalue weighted by Crippen LogP contribution is 2.21. The van der Waals surface area contributed by atoms with E-state index in [0.717, 1.165) is 35.5 Å². The van der Waals surface area contributed by atoms with Gasteiger partial charge in [0.05, 0.1) is 22.7 Å². The summed E-state index contributed by atoms with van der Waals surface area (Å²) in [7, 11) is 0. The molecule has 1 aliphatic rings. The van der Waals surface area contributed by atoms with Gasteiger partial charge in [0.15, 0.2) is 0 Å². The number of piperidine rings is 1. The zero-order valence-electron chi connectivity index (χ0n) is 15.7. The zero-order valence-corrected chi connectivity index (χ0v) is 16.5. The number of aromatic nitrogens is 2. The first-order valence-electron chi connectivity index (χ1n) is 9.32. The molecule has 0 bridgehead atoms. The average Bonchev–Trinajstić information content (AvgIpc) is 3.03. The van der Waals surface area contributed by atoms with E-state index in [2.05, 4.69) is 10.3 Å². The molecule has 1 fully saturated rings. The Hall–Kier alpha value is -2.06. The van der Waals surface area contributed by atoms with Crippen molar-refractivity contribution in [1.29, 1.82) is 0 Å². The van der Waals surface area contributed by atoms with Crippen LogP contribution in [0, 0.1) is 5.92 Å². The Morgan fingerprint density at radius 3 is 2.96 bits per heavy atom. The number of nitrogens with zero attached hydrogens (tertiary/aromatic N) is 3. The molecule has 1 atom stereocenters. The number of likely N-dealkylation sites (tertiary alicyclic amines) is 1. The maximum absolute atomic E-state index is 13.0. The number of rotatable bonds is 7. The number of carbonyl (C=O) groups excluding carboxylic acids is 2. The van der Waals surface area contributed by atoms with Gasteiger partial charge in [0.2, 0.25) is 11.8 Å². The molecule has 146 valence electrons. The van der Waals surface area contributed by atoms with Crippen LogP contribution in [0.5, 0.6) is 0 Å². The number of fused-ring (bicyclic) bond motifs is 1. The number of amides is 2. The highest BCUT2D eigenvalue weighted by atomic mass is 32.2. The van der Waals surface area contributed by atoms with Crippen molar-refractivity contribution in [3.05, 3.63) is 30.1 Å². The summed E-state index contributed by atoms with van der Waals surface area (Å²) in [6.07, 6.45) is 3.68. The molecular weight excluding hydrogens is 362 g/mol. The second-order valence-electron chi connectivity index (χ2n) is 6.79. The lowest BCUT2D eigenvalue weighted by atomic mass is 9.97. The Kier molecular flexibility index (Phi) is 6.73. The SMILES string of the molecule is CSCc1nc2ccccc2n1CC(=O)N1CCCC(C(=O)NCCN)C1. The summed E-state index contributed by atoms with van der Waals surface area (Å²) in [5.74, 6) is 1.54. The Bertz CT molecular complexity index is 806. The summed E-state index contributed by atoms with van der Waals surface area (Å²) in [4.78, 5) is 31.7. The lowest BCUT2D eigenvalue weighted by Crippen LogP contribution is -2.47. The van der Waals surface area contributed by atoms with Crippen LogP contribution in [0.1, 0.15) is 18.7 Å². The minimum Gasteiger partial charge on any atom is -0.355 e. The van der Waals surface area contributed by atoms with Crippen LogP contribution in [0.2, 0.25) is 0 Å². The van der Waals surface area contributed by atoms with Gasteiger partial charge in [-0.1, -0.05) is 12.1 Å². The molecule has 2 amide bonds. The van der Waals surface area contributed by atoms with Gasteiger partial charge in [-0.3, -0.25) is 9.59 Å². The Morgan fingerprint density at radius 2 is 2.19 bits per heavy atom. The number of para-hydroxylation sites is 2. The van der Waals surface area contributed by atoms with Crippen molar-refractivity contribution in [2.75, 3.05) is 32.4 Å². The van der Waals surface area contributed by atoms with Crippen molar-refractivity contribution < 1.29 is 9.59 Å². The summed E-state index contributed by atoms with van der Waals surface area (Å²) < 4.78 is 2.01. The summed E-state index contributed by atoms with van der Waals surface area (Å²) in [5.41, 5.74) is 7.34. The summed E-state index contributed by atoms with van der Waals surface area (Å²) in [6, 6.07) is 7.89.